The predicted molar refractivity (Wildman–Crippen MR) is 134 cm³/mol. The van der Waals surface area contributed by atoms with Crippen molar-refractivity contribution >= 4 is 38.1 Å². The summed E-state index contributed by atoms with van der Waals surface area (Å²) in [5.74, 6) is -0.414. The topological polar surface area (TPSA) is 66.5 Å². The lowest BCUT2D eigenvalue weighted by Gasteiger charge is -2.26. The van der Waals surface area contributed by atoms with Crippen LogP contribution in [0.5, 0.6) is 0 Å². The Hall–Kier alpha value is -3.64. The number of benzene rings is 4. The van der Waals surface area contributed by atoms with E-state index in [-0.39, 0.29) is 11.4 Å². The van der Waals surface area contributed by atoms with Crippen molar-refractivity contribution in [3.63, 3.8) is 0 Å². The third-order valence-electron chi connectivity index (χ3n) is 5.80. The van der Waals surface area contributed by atoms with Gasteiger partial charge in [-0.25, -0.2) is 8.42 Å². The molecule has 0 saturated heterocycles. The molecule has 0 atom stereocenters. The van der Waals surface area contributed by atoms with Gasteiger partial charge in [0.15, 0.2) is 0 Å². The van der Waals surface area contributed by atoms with E-state index in [2.05, 4.69) is 5.32 Å². The van der Waals surface area contributed by atoms with E-state index in [1.807, 2.05) is 69.3 Å². The Morgan fingerprint density at radius 1 is 0.818 bits per heavy atom. The fourth-order valence-corrected chi connectivity index (χ4v) is 5.28. The number of hydrogen-bond acceptors (Lipinski definition) is 3. The molecule has 0 aliphatic heterocycles. The lowest BCUT2D eigenvalue weighted by molar-refractivity contribution is -0.114. The van der Waals surface area contributed by atoms with Crippen LogP contribution in [0.4, 0.5) is 11.4 Å². The first-order valence-electron chi connectivity index (χ1n) is 10.7. The van der Waals surface area contributed by atoms with E-state index in [4.69, 9.17) is 0 Å². The highest BCUT2D eigenvalue weighted by atomic mass is 32.2. The monoisotopic (exact) mass is 458 g/mol. The van der Waals surface area contributed by atoms with Crippen molar-refractivity contribution in [2.75, 3.05) is 16.2 Å². The zero-order valence-corrected chi connectivity index (χ0v) is 19.7. The summed E-state index contributed by atoms with van der Waals surface area (Å²) in [7, 11) is -3.97. The van der Waals surface area contributed by atoms with Crippen LogP contribution in [0.2, 0.25) is 0 Å². The van der Waals surface area contributed by atoms with Crippen LogP contribution < -0.4 is 9.62 Å². The molecule has 168 valence electrons. The standard InChI is InChI=1S/C27H26N2O3S/c1-19-14-16-23(17-15-19)33(31,32)29(26-13-6-8-20(2)21(26)3)18-27(30)28-25-12-7-10-22-9-4-5-11-24(22)25/h4-17H,18H2,1-3H3,(H,28,30). The summed E-state index contributed by atoms with van der Waals surface area (Å²) >= 11 is 0. The number of carbonyl (C=O) groups is 1. The average molecular weight is 459 g/mol. The van der Waals surface area contributed by atoms with Crippen molar-refractivity contribution in [2.45, 2.75) is 25.7 Å². The number of sulfonamides is 1. The molecule has 1 N–H and O–H groups in total. The van der Waals surface area contributed by atoms with E-state index in [1.54, 1.807) is 36.4 Å². The number of aryl methyl sites for hydroxylation is 2. The molecule has 0 fully saturated rings. The molecule has 0 spiro atoms. The first-order chi connectivity index (χ1) is 15.8. The number of nitrogens with zero attached hydrogens (tertiary/aromatic N) is 1. The second-order valence-electron chi connectivity index (χ2n) is 8.12. The molecule has 0 unspecified atom stereocenters. The van der Waals surface area contributed by atoms with Gasteiger partial charge in [0.05, 0.1) is 10.6 Å². The quantitative estimate of drug-likeness (QED) is 0.409. The molecule has 0 aromatic heterocycles. The zero-order valence-electron chi connectivity index (χ0n) is 18.9. The Bertz CT molecular complexity index is 1420. The summed E-state index contributed by atoms with van der Waals surface area (Å²) in [6, 6.07) is 25.5. The van der Waals surface area contributed by atoms with Gasteiger partial charge in [-0.3, -0.25) is 9.10 Å². The van der Waals surface area contributed by atoms with Gasteiger partial charge < -0.3 is 5.32 Å². The molecule has 0 bridgehead atoms. The normalized spacial score (nSPS) is 11.4. The van der Waals surface area contributed by atoms with Crippen molar-refractivity contribution in [3.05, 3.63) is 102 Å². The highest BCUT2D eigenvalue weighted by Crippen LogP contribution is 2.29. The van der Waals surface area contributed by atoms with Crippen LogP contribution in [0.25, 0.3) is 10.8 Å². The van der Waals surface area contributed by atoms with Crippen LogP contribution in [0.1, 0.15) is 16.7 Å². The lowest BCUT2D eigenvalue weighted by atomic mass is 10.1. The average Bonchev–Trinajstić information content (AvgIpc) is 2.80. The van der Waals surface area contributed by atoms with Crippen LogP contribution in [-0.4, -0.2) is 20.9 Å². The predicted octanol–water partition coefficient (Wildman–Crippen LogP) is 5.60. The van der Waals surface area contributed by atoms with Gasteiger partial charge in [-0.05, 0) is 61.5 Å². The highest BCUT2D eigenvalue weighted by Gasteiger charge is 2.28. The summed E-state index contributed by atoms with van der Waals surface area (Å²) < 4.78 is 28.5. The molecule has 33 heavy (non-hydrogen) atoms. The molecular formula is C27H26N2O3S. The highest BCUT2D eigenvalue weighted by molar-refractivity contribution is 7.92. The Labute approximate surface area is 194 Å². The molecule has 0 heterocycles. The smallest absolute Gasteiger partial charge is 0.264 e. The second-order valence-corrected chi connectivity index (χ2v) is 9.98. The molecule has 0 radical (unpaired) electrons. The summed E-state index contributed by atoms with van der Waals surface area (Å²) in [5, 5.41) is 4.80. The maximum Gasteiger partial charge on any atom is 0.264 e. The van der Waals surface area contributed by atoms with Gasteiger partial charge in [-0.2, -0.15) is 0 Å². The van der Waals surface area contributed by atoms with Crippen molar-refractivity contribution in [2.24, 2.45) is 0 Å². The fourth-order valence-electron chi connectivity index (χ4n) is 3.80. The minimum absolute atomic E-state index is 0.145. The van der Waals surface area contributed by atoms with Crippen molar-refractivity contribution in [1.82, 2.24) is 0 Å². The minimum Gasteiger partial charge on any atom is -0.324 e. The van der Waals surface area contributed by atoms with Crippen molar-refractivity contribution in [1.29, 1.82) is 0 Å². The van der Waals surface area contributed by atoms with E-state index < -0.39 is 15.9 Å². The molecule has 6 heteroatoms. The third kappa shape index (κ3) is 4.61. The largest absolute Gasteiger partial charge is 0.324 e. The van der Waals surface area contributed by atoms with Gasteiger partial charge in [0.2, 0.25) is 5.91 Å². The van der Waals surface area contributed by atoms with Gasteiger partial charge in [0.25, 0.3) is 10.0 Å². The first-order valence-corrected chi connectivity index (χ1v) is 12.1. The summed E-state index contributed by atoms with van der Waals surface area (Å²) in [5.41, 5.74) is 3.86. The van der Waals surface area contributed by atoms with Gasteiger partial charge in [0.1, 0.15) is 6.54 Å². The Balaban J connectivity index is 1.73. The third-order valence-corrected chi connectivity index (χ3v) is 7.58. The van der Waals surface area contributed by atoms with E-state index in [0.717, 1.165) is 27.5 Å². The number of fused-ring (bicyclic) bond motifs is 1. The number of nitrogens with one attached hydrogen (secondary N) is 1. The van der Waals surface area contributed by atoms with Gasteiger partial charge in [0, 0.05) is 11.1 Å². The number of hydrogen-bond donors (Lipinski definition) is 1. The number of anilines is 2. The molecule has 4 aromatic carbocycles. The van der Waals surface area contributed by atoms with Crippen molar-refractivity contribution < 1.29 is 13.2 Å². The van der Waals surface area contributed by atoms with E-state index >= 15 is 0 Å². The van der Waals surface area contributed by atoms with Crippen LogP contribution in [0, 0.1) is 20.8 Å². The van der Waals surface area contributed by atoms with Gasteiger partial charge >= 0.3 is 0 Å². The molecule has 0 aliphatic rings. The van der Waals surface area contributed by atoms with Crippen LogP contribution in [0.15, 0.2) is 89.8 Å². The Kier molecular flexibility index (Phi) is 6.20. The zero-order chi connectivity index (χ0) is 23.6. The number of amides is 1. The van der Waals surface area contributed by atoms with Crippen LogP contribution in [-0.2, 0) is 14.8 Å². The molecule has 5 nitrogen and oxygen atoms in total. The van der Waals surface area contributed by atoms with E-state index in [1.165, 1.54) is 4.31 Å². The lowest BCUT2D eigenvalue weighted by Crippen LogP contribution is -2.38. The Morgan fingerprint density at radius 2 is 1.48 bits per heavy atom. The maximum absolute atomic E-state index is 13.7. The maximum atomic E-state index is 13.7. The first kappa shape index (κ1) is 22.6. The van der Waals surface area contributed by atoms with Crippen LogP contribution >= 0.6 is 0 Å². The molecule has 0 saturated carbocycles. The number of rotatable bonds is 6. The second kappa shape index (κ2) is 9.08. The Morgan fingerprint density at radius 3 is 2.24 bits per heavy atom. The summed E-state index contributed by atoms with van der Waals surface area (Å²) in [6.45, 7) is 5.34. The summed E-state index contributed by atoms with van der Waals surface area (Å²) in [4.78, 5) is 13.3. The fraction of sp³-hybridized carbons (Fsp3) is 0.148. The molecule has 1 amide bonds. The van der Waals surface area contributed by atoms with E-state index in [0.29, 0.717) is 11.4 Å². The van der Waals surface area contributed by atoms with Crippen molar-refractivity contribution in [3.8, 4) is 0 Å². The van der Waals surface area contributed by atoms with E-state index in [9.17, 15) is 13.2 Å². The van der Waals surface area contributed by atoms with Gasteiger partial charge in [-0.15, -0.1) is 0 Å². The summed E-state index contributed by atoms with van der Waals surface area (Å²) in [6.07, 6.45) is 0. The molecular weight excluding hydrogens is 432 g/mol. The SMILES string of the molecule is Cc1ccc(S(=O)(=O)N(CC(=O)Nc2cccc3ccccc23)c2cccc(C)c2C)cc1. The van der Waals surface area contributed by atoms with Crippen LogP contribution in [0.3, 0.4) is 0 Å². The molecule has 0 aliphatic carbocycles. The minimum atomic E-state index is -3.97. The molecule has 4 rings (SSSR count). The van der Waals surface area contributed by atoms with Gasteiger partial charge in [-0.1, -0.05) is 66.2 Å². The number of carbonyl (C=O) groups excluding carboxylic acids is 1. The molecule has 4 aromatic rings.